The normalized spacial score (nSPS) is 14.5. The lowest BCUT2D eigenvalue weighted by atomic mass is 9.95. The van der Waals surface area contributed by atoms with Crippen molar-refractivity contribution in [1.82, 2.24) is 9.97 Å². The van der Waals surface area contributed by atoms with E-state index in [0.717, 1.165) is 43.0 Å². The molecule has 6 heteroatoms. The second kappa shape index (κ2) is 9.72. The van der Waals surface area contributed by atoms with Gasteiger partial charge in [0.25, 0.3) is 5.91 Å². The van der Waals surface area contributed by atoms with Gasteiger partial charge < -0.3 is 15.5 Å². The summed E-state index contributed by atoms with van der Waals surface area (Å²) in [5, 5.41) is 6.50. The van der Waals surface area contributed by atoms with Gasteiger partial charge in [0.05, 0.1) is 0 Å². The van der Waals surface area contributed by atoms with Crippen molar-refractivity contribution >= 4 is 23.1 Å². The minimum atomic E-state index is -0.208. The second-order valence-corrected chi connectivity index (χ2v) is 7.79. The van der Waals surface area contributed by atoms with Crippen LogP contribution in [0.2, 0.25) is 0 Å². The van der Waals surface area contributed by atoms with Crippen LogP contribution in [-0.4, -0.2) is 35.0 Å². The summed E-state index contributed by atoms with van der Waals surface area (Å²) in [4.78, 5) is 24.0. The Hall–Kier alpha value is -2.63. The molecule has 1 aliphatic rings. The largest absolute Gasteiger partial charge is 0.372 e. The average Bonchev–Trinajstić information content (AvgIpc) is 2.71. The van der Waals surface area contributed by atoms with E-state index in [-0.39, 0.29) is 5.91 Å². The summed E-state index contributed by atoms with van der Waals surface area (Å²) in [6, 6.07) is 8.33. The number of benzene rings is 1. The zero-order valence-electron chi connectivity index (χ0n) is 18.1. The van der Waals surface area contributed by atoms with Crippen molar-refractivity contribution in [3.8, 4) is 0 Å². The number of hydrogen-bond donors (Lipinski definition) is 2. The predicted molar refractivity (Wildman–Crippen MR) is 120 cm³/mol. The predicted octanol–water partition coefficient (Wildman–Crippen LogP) is 4.94. The van der Waals surface area contributed by atoms with Gasteiger partial charge in [0, 0.05) is 36.6 Å². The van der Waals surface area contributed by atoms with Gasteiger partial charge in [-0.1, -0.05) is 19.3 Å². The highest BCUT2D eigenvalue weighted by Crippen LogP contribution is 2.24. The zero-order chi connectivity index (χ0) is 20.8. The topological polar surface area (TPSA) is 70.2 Å². The van der Waals surface area contributed by atoms with Gasteiger partial charge >= 0.3 is 0 Å². The second-order valence-electron chi connectivity index (χ2n) is 7.79. The fourth-order valence-corrected chi connectivity index (χ4v) is 3.97. The number of carbonyl (C=O) groups is 1. The van der Waals surface area contributed by atoms with Gasteiger partial charge in [-0.25, -0.2) is 9.97 Å². The third-order valence-electron chi connectivity index (χ3n) is 5.61. The lowest BCUT2D eigenvalue weighted by molar-refractivity contribution is 0.102. The monoisotopic (exact) mass is 395 g/mol. The number of hydrogen-bond acceptors (Lipinski definition) is 5. The minimum Gasteiger partial charge on any atom is -0.372 e. The first-order chi connectivity index (χ1) is 14.0. The van der Waals surface area contributed by atoms with Gasteiger partial charge in [-0.15, -0.1) is 0 Å². The molecule has 1 aliphatic carbocycles. The van der Waals surface area contributed by atoms with E-state index in [1.165, 1.54) is 24.9 Å². The van der Waals surface area contributed by atoms with E-state index in [0.29, 0.717) is 17.6 Å². The van der Waals surface area contributed by atoms with Gasteiger partial charge in [0.2, 0.25) is 0 Å². The fraction of sp³-hybridized carbons (Fsp3) is 0.522. The molecule has 6 nitrogen and oxygen atoms in total. The molecule has 2 N–H and O–H groups in total. The van der Waals surface area contributed by atoms with Crippen LogP contribution in [0, 0.1) is 13.8 Å². The quantitative estimate of drug-likeness (QED) is 0.695. The summed E-state index contributed by atoms with van der Waals surface area (Å²) in [5.74, 6) is 1.13. The fourth-order valence-electron chi connectivity index (χ4n) is 3.97. The zero-order valence-corrected chi connectivity index (χ0v) is 18.1. The molecule has 0 saturated heterocycles. The van der Waals surface area contributed by atoms with Crippen LogP contribution in [0.15, 0.2) is 24.3 Å². The van der Waals surface area contributed by atoms with Crippen LogP contribution in [0.25, 0.3) is 0 Å². The van der Waals surface area contributed by atoms with Gasteiger partial charge in [-0.05, 0) is 64.3 Å². The van der Waals surface area contributed by atoms with Crippen molar-refractivity contribution in [3.63, 3.8) is 0 Å². The van der Waals surface area contributed by atoms with Gasteiger partial charge in [-0.2, -0.15) is 0 Å². The number of carbonyl (C=O) groups excluding carboxylic acids is 1. The molecule has 3 rings (SSSR count). The Balaban J connectivity index is 1.73. The van der Waals surface area contributed by atoms with Crippen molar-refractivity contribution < 1.29 is 4.79 Å². The van der Waals surface area contributed by atoms with Crippen molar-refractivity contribution in [3.05, 3.63) is 41.3 Å². The van der Waals surface area contributed by atoms with Crippen molar-refractivity contribution in [2.24, 2.45) is 0 Å². The summed E-state index contributed by atoms with van der Waals surface area (Å²) < 4.78 is 0. The SMILES string of the molecule is CCN(CC)c1ccc(NC(=O)c2cc(NC3CCCCC3)nc(C)n2)c(C)c1. The van der Waals surface area contributed by atoms with Crippen molar-refractivity contribution in [1.29, 1.82) is 0 Å². The molecular weight excluding hydrogens is 362 g/mol. The van der Waals surface area contributed by atoms with Crippen LogP contribution in [0.5, 0.6) is 0 Å². The van der Waals surface area contributed by atoms with Gasteiger partial charge in [0.15, 0.2) is 0 Å². The number of nitrogens with zero attached hydrogens (tertiary/aromatic N) is 3. The average molecular weight is 396 g/mol. The molecular formula is C23H33N5O. The van der Waals surface area contributed by atoms with Crippen molar-refractivity contribution in [2.75, 3.05) is 28.6 Å². The standard InChI is InChI=1S/C23H33N5O/c1-5-28(6-2)19-12-13-20(16(3)14-19)27-23(29)21-15-22(25-17(4)24-21)26-18-10-8-7-9-11-18/h12-15,18H,5-11H2,1-4H3,(H,27,29)(H,24,25,26). The van der Waals surface area contributed by atoms with Gasteiger partial charge in [0.1, 0.15) is 17.3 Å². The maximum Gasteiger partial charge on any atom is 0.274 e. The number of amides is 1. The molecule has 0 radical (unpaired) electrons. The van der Waals surface area contributed by atoms with Crippen LogP contribution >= 0.6 is 0 Å². The Kier molecular flexibility index (Phi) is 7.07. The number of aryl methyl sites for hydroxylation is 2. The number of anilines is 3. The number of nitrogens with one attached hydrogen (secondary N) is 2. The summed E-state index contributed by atoms with van der Waals surface area (Å²) in [5.41, 5.74) is 3.41. The molecule has 156 valence electrons. The first-order valence-electron chi connectivity index (χ1n) is 10.8. The highest BCUT2D eigenvalue weighted by molar-refractivity contribution is 6.03. The van der Waals surface area contributed by atoms with E-state index in [9.17, 15) is 4.79 Å². The van der Waals surface area contributed by atoms with E-state index >= 15 is 0 Å². The van der Waals surface area contributed by atoms with Crippen molar-refractivity contribution in [2.45, 2.75) is 65.8 Å². The molecule has 2 aromatic rings. The lowest BCUT2D eigenvalue weighted by Crippen LogP contribution is -2.24. The molecule has 0 atom stereocenters. The van der Waals surface area contributed by atoms with Gasteiger partial charge in [-0.3, -0.25) is 4.79 Å². The first-order valence-corrected chi connectivity index (χ1v) is 10.8. The van der Waals surface area contributed by atoms with Crippen LogP contribution < -0.4 is 15.5 Å². The minimum absolute atomic E-state index is 0.208. The summed E-state index contributed by atoms with van der Waals surface area (Å²) in [7, 11) is 0. The number of rotatable bonds is 7. The van der Waals surface area contributed by atoms with Crippen LogP contribution in [0.3, 0.4) is 0 Å². The Bertz CT molecular complexity index is 841. The van der Waals surface area contributed by atoms with E-state index in [4.69, 9.17) is 0 Å². The van der Waals surface area contributed by atoms with E-state index in [1.54, 1.807) is 6.07 Å². The Morgan fingerprint density at radius 3 is 2.45 bits per heavy atom. The van der Waals surface area contributed by atoms with Crippen LogP contribution in [-0.2, 0) is 0 Å². The molecule has 1 saturated carbocycles. The Morgan fingerprint density at radius 1 is 1.07 bits per heavy atom. The Morgan fingerprint density at radius 2 is 1.79 bits per heavy atom. The van der Waals surface area contributed by atoms with Crippen LogP contribution in [0.1, 0.15) is 67.8 Å². The number of aromatic nitrogens is 2. The molecule has 1 heterocycles. The van der Waals surface area contributed by atoms with Crippen LogP contribution in [0.4, 0.5) is 17.2 Å². The summed E-state index contributed by atoms with van der Waals surface area (Å²) in [6.07, 6.45) is 6.11. The molecule has 1 amide bonds. The molecule has 1 fully saturated rings. The molecule has 0 aliphatic heterocycles. The first kappa shape index (κ1) is 21.1. The molecule has 0 bridgehead atoms. The summed E-state index contributed by atoms with van der Waals surface area (Å²) >= 11 is 0. The highest BCUT2D eigenvalue weighted by atomic mass is 16.1. The van der Waals surface area contributed by atoms with E-state index in [2.05, 4.69) is 51.5 Å². The smallest absolute Gasteiger partial charge is 0.274 e. The molecule has 0 unspecified atom stereocenters. The summed E-state index contributed by atoms with van der Waals surface area (Å²) in [6.45, 7) is 10.0. The molecule has 29 heavy (non-hydrogen) atoms. The molecule has 1 aromatic heterocycles. The third-order valence-corrected chi connectivity index (χ3v) is 5.61. The molecule has 0 spiro atoms. The van der Waals surface area contributed by atoms with E-state index < -0.39 is 0 Å². The third kappa shape index (κ3) is 5.46. The van der Waals surface area contributed by atoms with E-state index in [1.807, 2.05) is 19.9 Å². The molecule has 1 aromatic carbocycles. The maximum atomic E-state index is 12.9. The lowest BCUT2D eigenvalue weighted by Gasteiger charge is -2.23. The Labute approximate surface area is 174 Å². The highest BCUT2D eigenvalue weighted by Gasteiger charge is 2.17. The maximum absolute atomic E-state index is 12.9.